The molecular formula is C53H59N9O4S2. The van der Waals surface area contributed by atoms with Crippen LogP contribution < -0.4 is 10.2 Å². The molecule has 2 aromatic carbocycles. The number of piperidine rings is 1. The van der Waals surface area contributed by atoms with E-state index >= 15 is 0 Å². The fourth-order valence-corrected chi connectivity index (χ4v) is 12.9. The summed E-state index contributed by atoms with van der Waals surface area (Å²) in [4.78, 5) is 49.8. The molecule has 2 aliphatic heterocycles. The van der Waals surface area contributed by atoms with E-state index in [1.165, 1.54) is 16.0 Å². The molecule has 15 heteroatoms. The summed E-state index contributed by atoms with van der Waals surface area (Å²) in [5.41, 5.74) is 9.71. The van der Waals surface area contributed by atoms with E-state index in [1.54, 1.807) is 33.6 Å². The van der Waals surface area contributed by atoms with Crippen molar-refractivity contribution in [2.24, 2.45) is 5.92 Å². The Morgan fingerprint density at radius 3 is 2.28 bits per heavy atom. The second-order valence-electron chi connectivity index (χ2n) is 19.4. The Kier molecular flexibility index (Phi) is 13.1. The zero-order valence-corrected chi connectivity index (χ0v) is 41.0. The van der Waals surface area contributed by atoms with E-state index in [-0.39, 0.29) is 35.4 Å². The number of rotatable bonds is 12. The van der Waals surface area contributed by atoms with E-state index in [0.29, 0.717) is 41.8 Å². The molecule has 0 radical (unpaired) electrons. The fraction of sp³-hybridized carbons (Fsp3) is 0.434. The Morgan fingerprint density at radius 1 is 0.838 bits per heavy atom. The van der Waals surface area contributed by atoms with Gasteiger partial charge in [0.2, 0.25) is 17.8 Å². The molecule has 7 aromatic rings. The second-order valence-corrected chi connectivity index (χ2v) is 21.3. The van der Waals surface area contributed by atoms with Crippen molar-refractivity contribution in [1.82, 2.24) is 40.5 Å². The number of aromatic nitrogens is 6. The molecule has 1 saturated carbocycles. The summed E-state index contributed by atoms with van der Waals surface area (Å²) in [7, 11) is 0. The first kappa shape index (κ1) is 45.7. The standard InChI is InChI=1S/C53H59N9O4S2/c1-30(2)47(52(65)62-22-8-10-44(62)50(64)57-32(4)34-12-18-37(19-13-34)49-33(5)56-29-67-49)46-26-42(60-66-46)36-16-14-35(15-17-36)39-27-54-53(55-28-39)61-23-20-38(21-24-61)48-31(3)41-25-43(58-59-51(41)68-48)40-9-6-7-11-45(40)63/h6-7,9,11-13,18-19,25-30,32,35-36,38,44,47,63H,8,10,14-17,20-24H2,1-5H3,(H,57,64). The Morgan fingerprint density at radius 2 is 1.57 bits per heavy atom. The number of anilines is 1. The zero-order chi connectivity index (χ0) is 47.1. The number of para-hydroxylation sites is 1. The lowest BCUT2D eigenvalue weighted by atomic mass is 9.78. The molecule has 0 bridgehead atoms. The zero-order valence-electron chi connectivity index (χ0n) is 39.4. The summed E-state index contributed by atoms with van der Waals surface area (Å²) in [6, 6.07) is 18.9. The number of thiazole rings is 1. The number of thiophene rings is 1. The molecule has 1 aliphatic carbocycles. The van der Waals surface area contributed by atoms with E-state index in [4.69, 9.17) is 14.5 Å². The lowest BCUT2D eigenvalue weighted by molar-refractivity contribution is -0.141. The Labute approximate surface area is 405 Å². The number of likely N-dealkylation sites (tertiary alicyclic amines) is 1. The van der Waals surface area contributed by atoms with Gasteiger partial charge in [-0.05, 0) is 130 Å². The second kappa shape index (κ2) is 19.5. The monoisotopic (exact) mass is 949 g/mol. The highest BCUT2D eigenvalue weighted by Crippen LogP contribution is 2.43. The van der Waals surface area contributed by atoms with Crippen molar-refractivity contribution < 1.29 is 19.2 Å². The van der Waals surface area contributed by atoms with Gasteiger partial charge in [0.05, 0.1) is 33.5 Å². The minimum Gasteiger partial charge on any atom is -0.507 e. The Balaban J connectivity index is 0.716. The van der Waals surface area contributed by atoms with Crippen molar-refractivity contribution >= 4 is 50.7 Å². The van der Waals surface area contributed by atoms with Crippen molar-refractivity contribution in [3.05, 3.63) is 117 Å². The normalized spacial score (nSPS) is 20.0. The number of amides is 2. The van der Waals surface area contributed by atoms with Gasteiger partial charge in [0.1, 0.15) is 28.3 Å². The number of benzene rings is 2. The molecule has 0 spiro atoms. The summed E-state index contributed by atoms with van der Waals surface area (Å²) < 4.78 is 6.00. The average Bonchev–Trinajstić information content (AvgIpc) is 4.20. The van der Waals surface area contributed by atoms with Crippen LogP contribution in [0.2, 0.25) is 0 Å². The number of fused-ring (bicyclic) bond motifs is 1. The quantitative estimate of drug-likeness (QED) is 0.120. The number of carbonyl (C=O) groups is 2. The van der Waals surface area contributed by atoms with E-state index in [0.717, 1.165) is 102 Å². The number of hydrogen-bond donors (Lipinski definition) is 2. The number of nitrogens with zero attached hydrogens (tertiary/aromatic N) is 8. The first-order valence-corrected chi connectivity index (χ1v) is 25.9. The molecule has 3 aliphatic rings. The molecule has 5 aromatic heterocycles. The third-order valence-corrected chi connectivity index (χ3v) is 17.1. The highest BCUT2D eigenvalue weighted by molar-refractivity contribution is 7.19. The minimum atomic E-state index is -0.528. The van der Waals surface area contributed by atoms with Crippen LogP contribution >= 0.6 is 22.7 Å². The molecule has 13 nitrogen and oxygen atoms in total. The largest absolute Gasteiger partial charge is 0.507 e. The van der Waals surface area contributed by atoms with Gasteiger partial charge in [-0.15, -0.1) is 32.9 Å². The molecule has 7 heterocycles. The molecule has 352 valence electrons. The molecule has 2 amide bonds. The summed E-state index contributed by atoms with van der Waals surface area (Å²) in [5, 5.41) is 28.3. The molecular weight excluding hydrogens is 891 g/mol. The summed E-state index contributed by atoms with van der Waals surface area (Å²) in [6.45, 7) is 12.6. The van der Waals surface area contributed by atoms with E-state index in [2.05, 4.69) is 67.8 Å². The van der Waals surface area contributed by atoms with Crippen molar-refractivity contribution in [1.29, 1.82) is 0 Å². The summed E-state index contributed by atoms with van der Waals surface area (Å²) >= 11 is 3.36. The van der Waals surface area contributed by atoms with E-state index < -0.39 is 12.0 Å². The highest BCUT2D eigenvalue weighted by atomic mass is 32.1. The maximum absolute atomic E-state index is 14.3. The first-order valence-electron chi connectivity index (χ1n) is 24.2. The first-order chi connectivity index (χ1) is 33.0. The van der Waals surface area contributed by atoms with Crippen molar-refractivity contribution in [3.8, 4) is 27.4 Å². The number of phenols is 1. The van der Waals surface area contributed by atoms with Crippen molar-refractivity contribution in [2.45, 2.75) is 122 Å². The number of hydrogen-bond acceptors (Lipinski definition) is 13. The van der Waals surface area contributed by atoms with Crippen LogP contribution in [0.15, 0.2) is 83.1 Å². The summed E-state index contributed by atoms with van der Waals surface area (Å²) in [5.74, 6) is 1.88. The molecule has 3 unspecified atom stereocenters. The number of aromatic hydroxyl groups is 1. The van der Waals surface area contributed by atoms with Gasteiger partial charge in [-0.25, -0.2) is 15.0 Å². The Hall–Kier alpha value is -6.06. The lowest BCUT2D eigenvalue weighted by Crippen LogP contribution is -2.48. The topological polar surface area (TPSA) is 163 Å². The molecule has 3 fully saturated rings. The Bertz CT molecular complexity index is 2890. The third-order valence-electron chi connectivity index (χ3n) is 14.7. The van der Waals surface area contributed by atoms with E-state index in [9.17, 15) is 14.7 Å². The maximum Gasteiger partial charge on any atom is 0.243 e. The predicted octanol–water partition coefficient (Wildman–Crippen LogP) is 11.0. The van der Waals surface area contributed by atoms with Crippen molar-refractivity contribution in [2.75, 3.05) is 24.5 Å². The number of aryl methyl sites for hydroxylation is 2. The van der Waals surface area contributed by atoms with Gasteiger partial charge in [0, 0.05) is 59.8 Å². The lowest BCUT2D eigenvalue weighted by Gasteiger charge is -2.32. The van der Waals surface area contributed by atoms with Crippen LogP contribution in [0.1, 0.15) is 141 Å². The van der Waals surface area contributed by atoms with Crippen LogP contribution in [-0.4, -0.2) is 77.8 Å². The van der Waals surface area contributed by atoms with Crippen LogP contribution in [0, 0.1) is 19.8 Å². The van der Waals surface area contributed by atoms with Gasteiger partial charge < -0.3 is 24.7 Å². The SMILES string of the molecule is Cc1ncsc1-c1ccc(C(C)NC(=O)C2CCCN2C(=O)C(c2cc(C3CCC(c4cnc(N5CCC(c6sc7nnc(-c8ccccc8O)cc7c6C)CC5)nc4)CC3)no2)C(C)C)cc1. The molecule has 10 rings (SSSR count). The van der Waals surface area contributed by atoms with Crippen LogP contribution in [0.3, 0.4) is 0 Å². The van der Waals surface area contributed by atoms with Crippen LogP contribution in [-0.2, 0) is 9.59 Å². The third kappa shape index (κ3) is 9.14. The predicted molar refractivity (Wildman–Crippen MR) is 267 cm³/mol. The van der Waals surface area contributed by atoms with Gasteiger partial charge >= 0.3 is 0 Å². The van der Waals surface area contributed by atoms with Crippen LogP contribution in [0.4, 0.5) is 5.95 Å². The molecule has 68 heavy (non-hydrogen) atoms. The minimum absolute atomic E-state index is 0.0369. The van der Waals surface area contributed by atoms with Gasteiger partial charge in [-0.3, -0.25) is 9.59 Å². The van der Waals surface area contributed by atoms with Crippen LogP contribution in [0.25, 0.3) is 31.9 Å². The fourth-order valence-electron chi connectivity index (χ4n) is 10.8. The molecule has 3 atom stereocenters. The van der Waals surface area contributed by atoms with Gasteiger partial charge in [0.25, 0.3) is 0 Å². The smallest absolute Gasteiger partial charge is 0.243 e. The maximum atomic E-state index is 14.3. The highest BCUT2D eigenvalue weighted by Gasteiger charge is 2.41. The summed E-state index contributed by atoms with van der Waals surface area (Å²) in [6.07, 6.45) is 11.4. The van der Waals surface area contributed by atoms with E-state index in [1.807, 2.05) is 69.9 Å². The average molecular weight is 950 g/mol. The number of nitrogens with one attached hydrogen (secondary N) is 1. The number of carbonyl (C=O) groups excluding carboxylic acids is 2. The number of phenolic OH excluding ortho intramolecular Hbond substituents is 1. The van der Waals surface area contributed by atoms with Crippen molar-refractivity contribution in [3.63, 3.8) is 0 Å². The van der Waals surface area contributed by atoms with Gasteiger partial charge in [-0.1, -0.05) is 55.4 Å². The molecule has 2 saturated heterocycles. The van der Waals surface area contributed by atoms with Gasteiger partial charge in [-0.2, -0.15) is 0 Å². The molecule has 2 N–H and O–H groups in total. The van der Waals surface area contributed by atoms with Gasteiger partial charge in [0.15, 0.2) is 0 Å². The van der Waals surface area contributed by atoms with Crippen LogP contribution in [0.5, 0.6) is 5.75 Å².